The summed E-state index contributed by atoms with van der Waals surface area (Å²) in [6, 6.07) is 2.71. The number of rotatable bonds is 6. The first-order valence-electron chi connectivity index (χ1n) is 7.87. The Bertz CT molecular complexity index is 408. The zero-order valence-corrected chi connectivity index (χ0v) is 14.3. The van der Waals surface area contributed by atoms with Gasteiger partial charge in [-0.2, -0.15) is 11.3 Å². The third kappa shape index (κ3) is 4.76. The first-order chi connectivity index (χ1) is 9.90. The molecule has 1 aliphatic rings. The van der Waals surface area contributed by atoms with Crippen molar-refractivity contribution in [1.29, 1.82) is 0 Å². The second kappa shape index (κ2) is 7.20. The van der Waals surface area contributed by atoms with Gasteiger partial charge in [-0.15, -0.1) is 0 Å². The molecule has 21 heavy (non-hydrogen) atoms. The van der Waals surface area contributed by atoms with Crippen molar-refractivity contribution in [3.8, 4) is 0 Å². The molecular weight excluding hydrogens is 282 g/mol. The minimum Gasteiger partial charge on any atom is -0.389 e. The molecule has 5 heteroatoms. The minimum absolute atomic E-state index is 0.181. The van der Waals surface area contributed by atoms with Crippen molar-refractivity contribution in [3.05, 3.63) is 22.4 Å². The Morgan fingerprint density at radius 3 is 2.48 bits per heavy atom. The fourth-order valence-electron chi connectivity index (χ4n) is 3.14. The van der Waals surface area contributed by atoms with Gasteiger partial charge in [-0.3, -0.25) is 9.80 Å². The maximum Gasteiger partial charge on any atom is 0.0718 e. The SMILES string of the molecule is CCC(N)C(c1ccsc1)N1CCN(CC(C)(C)O)CC1. The topological polar surface area (TPSA) is 52.7 Å². The standard InChI is InChI=1S/C16H29N3OS/c1-4-14(17)15(13-5-10-21-11-13)19-8-6-18(7-9-19)12-16(2,3)20/h5,10-11,14-15,20H,4,6-9,12,17H2,1-3H3. The second-order valence-electron chi connectivity index (χ2n) is 6.70. The zero-order valence-electron chi connectivity index (χ0n) is 13.5. The van der Waals surface area contributed by atoms with E-state index in [-0.39, 0.29) is 6.04 Å². The first kappa shape index (κ1) is 16.9. The van der Waals surface area contributed by atoms with Crippen LogP contribution in [-0.4, -0.2) is 59.3 Å². The fourth-order valence-corrected chi connectivity index (χ4v) is 3.83. The highest BCUT2D eigenvalue weighted by Crippen LogP contribution is 2.28. The van der Waals surface area contributed by atoms with Crippen LogP contribution in [0.3, 0.4) is 0 Å². The molecule has 1 fully saturated rings. The average molecular weight is 311 g/mol. The molecule has 0 spiro atoms. The molecule has 3 N–H and O–H groups in total. The van der Waals surface area contributed by atoms with Gasteiger partial charge >= 0.3 is 0 Å². The third-order valence-corrected chi connectivity index (χ3v) is 4.87. The summed E-state index contributed by atoms with van der Waals surface area (Å²) in [6.07, 6.45) is 0.990. The Hall–Kier alpha value is -0.460. The second-order valence-corrected chi connectivity index (χ2v) is 7.48. The third-order valence-electron chi connectivity index (χ3n) is 4.17. The van der Waals surface area contributed by atoms with E-state index in [0.717, 1.165) is 39.1 Å². The summed E-state index contributed by atoms with van der Waals surface area (Å²) in [4.78, 5) is 4.86. The highest BCUT2D eigenvalue weighted by molar-refractivity contribution is 7.07. The molecule has 0 amide bonds. The van der Waals surface area contributed by atoms with Crippen molar-refractivity contribution in [1.82, 2.24) is 9.80 Å². The van der Waals surface area contributed by atoms with E-state index >= 15 is 0 Å². The van der Waals surface area contributed by atoms with Gasteiger partial charge in [-0.1, -0.05) is 6.92 Å². The maximum absolute atomic E-state index is 9.95. The number of hydrogen-bond acceptors (Lipinski definition) is 5. The number of nitrogens with zero attached hydrogens (tertiary/aromatic N) is 2. The van der Waals surface area contributed by atoms with E-state index in [9.17, 15) is 5.11 Å². The Labute approximate surface area is 132 Å². The molecule has 2 atom stereocenters. The van der Waals surface area contributed by atoms with Gasteiger partial charge < -0.3 is 10.8 Å². The number of thiophene rings is 1. The number of aliphatic hydroxyl groups is 1. The monoisotopic (exact) mass is 311 g/mol. The molecule has 0 aliphatic carbocycles. The van der Waals surface area contributed by atoms with Crippen LogP contribution in [0, 0.1) is 0 Å². The van der Waals surface area contributed by atoms with Crippen LogP contribution in [0.2, 0.25) is 0 Å². The highest BCUT2D eigenvalue weighted by atomic mass is 32.1. The van der Waals surface area contributed by atoms with Gasteiger partial charge in [0.1, 0.15) is 0 Å². The molecule has 1 saturated heterocycles. The van der Waals surface area contributed by atoms with Crippen LogP contribution in [0.1, 0.15) is 38.8 Å². The Morgan fingerprint density at radius 1 is 1.33 bits per heavy atom. The summed E-state index contributed by atoms with van der Waals surface area (Å²) in [7, 11) is 0. The van der Waals surface area contributed by atoms with Crippen LogP contribution >= 0.6 is 11.3 Å². The molecule has 0 radical (unpaired) electrons. The van der Waals surface area contributed by atoms with Gasteiger partial charge in [-0.25, -0.2) is 0 Å². The van der Waals surface area contributed by atoms with Crippen molar-refractivity contribution in [2.45, 2.75) is 44.9 Å². The van der Waals surface area contributed by atoms with Crippen LogP contribution in [-0.2, 0) is 0 Å². The van der Waals surface area contributed by atoms with E-state index in [4.69, 9.17) is 5.73 Å². The lowest BCUT2D eigenvalue weighted by molar-refractivity contribution is 0.00822. The van der Waals surface area contributed by atoms with Crippen LogP contribution in [0.5, 0.6) is 0 Å². The van der Waals surface area contributed by atoms with Crippen LogP contribution in [0.15, 0.2) is 16.8 Å². The van der Waals surface area contributed by atoms with Gasteiger partial charge in [0, 0.05) is 38.8 Å². The van der Waals surface area contributed by atoms with Gasteiger partial charge in [0.2, 0.25) is 0 Å². The fraction of sp³-hybridized carbons (Fsp3) is 0.750. The summed E-state index contributed by atoms with van der Waals surface area (Å²) in [6.45, 7) is 10.7. The van der Waals surface area contributed by atoms with Gasteiger partial charge in [0.25, 0.3) is 0 Å². The molecule has 4 nitrogen and oxygen atoms in total. The molecule has 2 unspecified atom stereocenters. The average Bonchev–Trinajstić information content (AvgIpc) is 2.93. The quantitative estimate of drug-likeness (QED) is 0.843. The van der Waals surface area contributed by atoms with E-state index < -0.39 is 5.60 Å². The lowest BCUT2D eigenvalue weighted by atomic mass is 9.98. The number of piperazine rings is 1. The summed E-state index contributed by atoms with van der Waals surface area (Å²) in [5.41, 5.74) is 7.12. The van der Waals surface area contributed by atoms with Gasteiger partial charge in [0.05, 0.1) is 11.6 Å². The van der Waals surface area contributed by atoms with Crippen molar-refractivity contribution >= 4 is 11.3 Å². The molecule has 1 aromatic heterocycles. The lowest BCUT2D eigenvalue weighted by Crippen LogP contribution is -2.53. The number of nitrogens with two attached hydrogens (primary N) is 1. The largest absolute Gasteiger partial charge is 0.389 e. The van der Waals surface area contributed by atoms with Crippen molar-refractivity contribution in [3.63, 3.8) is 0 Å². The molecule has 2 rings (SSSR count). The van der Waals surface area contributed by atoms with E-state index in [0.29, 0.717) is 6.04 Å². The highest BCUT2D eigenvalue weighted by Gasteiger charge is 2.30. The summed E-state index contributed by atoms with van der Waals surface area (Å²) >= 11 is 1.74. The Balaban J connectivity index is 1.98. The predicted octanol–water partition coefficient (Wildman–Crippen LogP) is 1.92. The molecule has 1 aromatic rings. The van der Waals surface area contributed by atoms with Crippen molar-refractivity contribution in [2.75, 3.05) is 32.7 Å². The molecule has 2 heterocycles. The van der Waals surface area contributed by atoms with E-state index in [1.165, 1.54) is 5.56 Å². The van der Waals surface area contributed by atoms with E-state index in [1.54, 1.807) is 11.3 Å². The van der Waals surface area contributed by atoms with Crippen molar-refractivity contribution < 1.29 is 5.11 Å². The molecule has 0 bridgehead atoms. The van der Waals surface area contributed by atoms with E-state index in [2.05, 4.69) is 33.6 Å². The molecule has 0 saturated carbocycles. The minimum atomic E-state index is -0.616. The number of hydrogen-bond donors (Lipinski definition) is 2. The maximum atomic E-state index is 9.95. The lowest BCUT2D eigenvalue weighted by Gasteiger charge is -2.42. The Morgan fingerprint density at radius 2 is 2.00 bits per heavy atom. The van der Waals surface area contributed by atoms with E-state index in [1.807, 2.05) is 13.8 Å². The summed E-state index contributed by atoms with van der Waals surface area (Å²) < 4.78 is 0. The number of β-amino-alcohol motifs (C(OH)–C–C–N with tert-alkyl or cyclic N) is 1. The summed E-state index contributed by atoms with van der Waals surface area (Å²) in [5, 5.41) is 14.3. The van der Waals surface area contributed by atoms with Crippen LogP contribution in [0.25, 0.3) is 0 Å². The predicted molar refractivity (Wildman–Crippen MR) is 89.6 cm³/mol. The molecular formula is C16H29N3OS. The van der Waals surface area contributed by atoms with Crippen LogP contribution in [0.4, 0.5) is 0 Å². The molecule has 120 valence electrons. The van der Waals surface area contributed by atoms with Gasteiger partial charge in [0.15, 0.2) is 0 Å². The Kier molecular flexibility index (Phi) is 5.80. The normalized spacial score (nSPS) is 21.4. The molecule has 0 aromatic carbocycles. The zero-order chi connectivity index (χ0) is 15.5. The summed E-state index contributed by atoms with van der Waals surface area (Å²) in [5.74, 6) is 0. The van der Waals surface area contributed by atoms with Crippen LogP contribution < -0.4 is 5.73 Å². The first-order valence-corrected chi connectivity index (χ1v) is 8.81. The molecule has 1 aliphatic heterocycles. The van der Waals surface area contributed by atoms with Gasteiger partial charge in [-0.05, 0) is 42.7 Å². The van der Waals surface area contributed by atoms with Crippen molar-refractivity contribution in [2.24, 2.45) is 5.73 Å². The smallest absolute Gasteiger partial charge is 0.0718 e.